The van der Waals surface area contributed by atoms with Crippen molar-refractivity contribution in [2.45, 2.75) is 18.9 Å². The molecule has 3 nitrogen and oxygen atoms in total. The van der Waals surface area contributed by atoms with Crippen molar-refractivity contribution >= 4 is 34.9 Å². The Morgan fingerprint density at radius 1 is 1.25 bits per heavy atom. The van der Waals surface area contributed by atoms with Gasteiger partial charge in [-0.25, -0.2) is 0 Å². The molecule has 126 valence electrons. The first-order valence-corrected chi connectivity index (χ1v) is 9.33. The van der Waals surface area contributed by atoms with Gasteiger partial charge >= 0.3 is 0 Å². The van der Waals surface area contributed by atoms with Crippen LogP contribution in [-0.2, 0) is 9.53 Å². The van der Waals surface area contributed by atoms with Crippen molar-refractivity contribution in [2.75, 3.05) is 13.2 Å². The summed E-state index contributed by atoms with van der Waals surface area (Å²) in [7, 11) is 0. The summed E-state index contributed by atoms with van der Waals surface area (Å²) < 4.78 is 5.45. The molecule has 1 amide bonds. The molecule has 0 radical (unpaired) electrons. The van der Waals surface area contributed by atoms with Gasteiger partial charge in [0.15, 0.2) is 0 Å². The molecule has 1 unspecified atom stereocenters. The molecule has 1 aliphatic heterocycles. The lowest BCUT2D eigenvalue weighted by Gasteiger charge is -2.30. The Morgan fingerprint density at radius 2 is 2.00 bits per heavy atom. The first-order valence-electron chi connectivity index (χ1n) is 8.07. The number of halogens is 1. The quantitative estimate of drug-likeness (QED) is 0.784. The van der Waals surface area contributed by atoms with Gasteiger partial charge in [0.05, 0.1) is 6.04 Å². The second-order valence-corrected chi connectivity index (χ2v) is 7.25. The van der Waals surface area contributed by atoms with Crippen LogP contribution in [0.1, 0.15) is 29.3 Å². The van der Waals surface area contributed by atoms with Gasteiger partial charge in [-0.05, 0) is 54.0 Å². The third-order valence-electron chi connectivity index (χ3n) is 4.18. The van der Waals surface area contributed by atoms with Crippen molar-refractivity contribution in [1.82, 2.24) is 5.32 Å². The molecule has 1 aromatic carbocycles. The van der Waals surface area contributed by atoms with E-state index in [1.165, 1.54) is 4.88 Å². The van der Waals surface area contributed by atoms with E-state index in [2.05, 4.69) is 16.8 Å². The number of benzene rings is 1. The minimum atomic E-state index is -0.0742. The molecule has 5 heteroatoms. The fourth-order valence-corrected chi connectivity index (χ4v) is 3.88. The molecular weight excluding hydrogens is 342 g/mol. The number of hydrogen-bond acceptors (Lipinski definition) is 3. The molecule has 1 aromatic heterocycles. The van der Waals surface area contributed by atoms with Gasteiger partial charge in [-0.2, -0.15) is 0 Å². The molecule has 0 aliphatic carbocycles. The Balaban J connectivity index is 1.67. The third kappa shape index (κ3) is 4.69. The molecular formula is C19H20ClNO2S. The average molecular weight is 362 g/mol. The van der Waals surface area contributed by atoms with E-state index in [0.717, 1.165) is 31.6 Å². The predicted molar refractivity (Wildman–Crippen MR) is 99.2 cm³/mol. The van der Waals surface area contributed by atoms with E-state index >= 15 is 0 Å². The van der Waals surface area contributed by atoms with Crippen molar-refractivity contribution in [3.8, 4) is 0 Å². The zero-order valence-electron chi connectivity index (χ0n) is 13.3. The van der Waals surface area contributed by atoms with Crippen LogP contribution in [0.25, 0.3) is 6.08 Å². The summed E-state index contributed by atoms with van der Waals surface area (Å²) in [6.07, 6.45) is 5.35. The second-order valence-electron chi connectivity index (χ2n) is 5.84. The Morgan fingerprint density at radius 3 is 2.67 bits per heavy atom. The SMILES string of the molecule is O=C(/C=C/c1ccc(Cl)cc1)NC(c1cccs1)C1CCOCC1. The highest BCUT2D eigenvalue weighted by Gasteiger charge is 2.27. The van der Waals surface area contributed by atoms with Crippen LogP contribution in [0.4, 0.5) is 0 Å². The van der Waals surface area contributed by atoms with Gasteiger partial charge in [-0.15, -0.1) is 11.3 Å². The molecule has 0 saturated carbocycles. The summed E-state index contributed by atoms with van der Waals surface area (Å²) >= 11 is 7.56. The molecule has 1 saturated heterocycles. The Labute approximate surface area is 151 Å². The minimum Gasteiger partial charge on any atom is -0.381 e. The summed E-state index contributed by atoms with van der Waals surface area (Å²) in [5, 5.41) is 5.92. The number of carbonyl (C=O) groups excluding carboxylic acids is 1. The molecule has 2 aromatic rings. The summed E-state index contributed by atoms with van der Waals surface area (Å²) in [6, 6.07) is 11.6. The highest BCUT2D eigenvalue weighted by atomic mass is 35.5. The van der Waals surface area contributed by atoms with Crippen LogP contribution in [0.15, 0.2) is 47.9 Å². The number of hydrogen-bond donors (Lipinski definition) is 1. The molecule has 0 spiro atoms. The fraction of sp³-hybridized carbons (Fsp3) is 0.316. The topological polar surface area (TPSA) is 38.3 Å². The minimum absolute atomic E-state index is 0.0521. The molecule has 0 bridgehead atoms. The van der Waals surface area contributed by atoms with E-state index in [1.54, 1.807) is 23.5 Å². The lowest BCUT2D eigenvalue weighted by atomic mass is 9.90. The van der Waals surface area contributed by atoms with Crippen molar-refractivity contribution < 1.29 is 9.53 Å². The van der Waals surface area contributed by atoms with Crippen LogP contribution < -0.4 is 5.32 Å². The van der Waals surface area contributed by atoms with Crippen LogP contribution in [-0.4, -0.2) is 19.1 Å². The molecule has 1 N–H and O–H groups in total. The van der Waals surface area contributed by atoms with Crippen molar-refractivity contribution in [3.63, 3.8) is 0 Å². The van der Waals surface area contributed by atoms with Crippen LogP contribution in [0.2, 0.25) is 5.02 Å². The van der Waals surface area contributed by atoms with Gasteiger partial charge in [-0.1, -0.05) is 29.8 Å². The maximum atomic E-state index is 12.4. The van der Waals surface area contributed by atoms with Crippen molar-refractivity contribution in [3.05, 3.63) is 63.3 Å². The standard InChI is InChI=1S/C19H20ClNO2S/c20-16-6-3-14(4-7-16)5-8-18(22)21-19(17-2-1-13-24-17)15-9-11-23-12-10-15/h1-8,13,15,19H,9-12H2,(H,21,22)/b8-5+. The van der Waals surface area contributed by atoms with Crippen LogP contribution >= 0.6 is 22.9 Å². The Hall–Kier alpha value is -1.62. The second kappa shape index (κ2) is 8.47. The number of rotatable bonds is 5. The van der Waals surface area contributed by atoms with E-state index < -0.39 is 0 Å². The van der Waals surface area contributed by atoms with Crippen molar-refractivity contribution in [1.29, 1.82) is 0 Å². The number of ether oxygens (including phenoxy) is 1. The van der Waals surface area contributed by atoms with E-state index in [9.17, 15) is 4.79 Å². The van der Waals surface area contributed by atoms with E-state index in [4.69, 9.17) is 16.3 Å². The van der Waals surface area contributed by atoms with E-state index in [0.29, 0.717) is 10.9 Å². The fourth-order valence-electron chi connectivity index (χ4n) is 2.89. The highest BCUT2D eigenvalue weighted by Crippen LogP contribution is 2.32. The zero-order valence-corrected chi connectivity index (χ0v) is 14.9. The van der Waals surface area contributed by atoms with Gasteiger partial charge in [0, 0.05) is 29.2 Å². The number of nitrogens with one attached hydrogen (secondary N) is 1. The van der Waals surface area contributed by atoms with Gasteiger partial charge in [0.25, 0.3) is 0 Å². The largest absolute Gasteiger partial charge is 0.381 e. The maximum Gasteiger partial charge on any atom is 0.244 e. The van der Waals surface area contributed by atoms with E-state index in [-0.39, 0.29) is 11.9 Å². The van der Waals surface area contributed by atoms with Crippen LogP contribution in [0, 0.1) is 5.92 Å². The van der Waals surface area contributed by atoms with Crippen molar-refractivity contribution in [2.24, 2.45) is 5.92 Å². The van der Waals surface area contributed by atoms with Crippen LogP contribution in [0.3, 0.4) is 0 Å². The number of thiophene rings is 1. The molecule has 2 heterocycles. The highest BCUT2D eigenvalue weighted by molar-refractivity contribution is 7.10. The molecule has 1 atom stereocenters. The normalized spacial score (nSPS) is 17.0. The lowest BCUT2D eigenvalue weighted by molar-refractivity contribution is -0.117. The monoisotopic (exact) mass is 361 g/mol. The maximum absolute atomic E-state index is 12.4. The Bertz CT molecular complexity index is 676. The first-order chi connectivity index (χ1) is 11.7. The summed E-state index contributed by atoms with van der Waals surface area (Å²) in [5.41, 5.74) is 0.952. The van der Waals surface area contributed by atoms with Gasteiger partial charge in [-0.3, -0.25) is 4.79 Å². The number of amides is 1. The summed E-state index contributed by atoms with van der Waals surface area (Å²) in [5.74, 6) is 0.347. The third-order valence-corrected chi connectivity index (χ3v) is 5.39. The smallest absolute Gasteiger partial charge is 0.244 e. The predicted octanol–water partition coefficient (Wildman–Crippen LogP) is 4.70. The number of carbonyl (C=O) groups is 1. The zero-order chi connectivity index (χ0) is 16.8. The summed E-state index contributed by atoms with van der Waals surface area (Å²) in [4.78, 5) is 13.6. The lowest BCUT2D eigenvalue weighted by Crippen LogP contribution is -2.34. The molecule has 3 rings (SSSR count). The molecule has 24 heavy (non-hydrogen) atoms. The van der Waals surface area contributed by atoms with Gasteiger partial charge in [0.2, 0.25) is 5.91 Å². The average Bonchev–Trinajstić information content (AvgIpc) is 3.14. The molecule has 1 fully saturated rings. The van der Waals surface area contributed by atoms with Gasteiger partial charge in [0.1, 0.15) is 0 Å². The first kappa shape index (κ1) is 17.2. The van der Waals surface area contributed by atoms with E-state index in [1.807, 2.05) is 30.3 Å². The van der Waals surface area contributed by atoms with Gasteiger partial charge < -0.3 is 10.1 Å². The Kier molecular flexibility index (Phi) is 6.07. The molecule has 1 aliphatic rings. The van der Waals surface area contributed by atoms with Crippen LogP contribution in [0.5, 0.6) is 0 Å². The summed E-state index contributed by atoms with van der Waals surface area (Å²) in [6.45, 7) is 1.53.